The Labute approximate surface area is 198 Å². The van der Waals surface area contributed by atoms with E-state index in [0.29, 0.717) is 0 Å². The highest BCUT2D eigenvalue weighted by atomic mass is 14.2. The lowest BCUT2D eigenvalue weighted by Gasteiger charge is -2.17. The average Bonchev–Trinajstić information content (AvgIpc) is 2.92. The van der Waals surface area contributed by atoms with E-state index < -0.39 is 0 Å². The molecule has 0 radical (unpaired) electrons. The van der Waals surface area contributed by atoms with Gasteiger partial charge in [0.1, 0.15) is 0 Å². The van der Waals surface area contributed by atoms with Gasteiger partial charge < -0.3 is 0 Å². The van der Waals surface area contributed by atoms with Crippen molar-refractivity contribution in [2.24, 2.45) is 0 Å². The van der Waals surface area contributed by atoms with Gasteiger partial charge in [0.05, 0.1) is 0 Å². The van der Waals surface area contributed by atoms with E-state index in [1.165, 1.54) is 65.3 Å². The molecular weight excluding hydrogens is 408 g/mol. The Morgan fingerprint density at radius 1 is 0.235 bits per heavy atom. The molecular formula is C34H22. The van der Waals surface area contributed by atoms with Gasteiger partial charge in [0, 0.05) is 0 Å². The molecule has 0 amide bonds. The van der Waals surface area contributed by atoms with Crippen LogP contribution in [0.1, 0.15) is 0 Å². The zero-order chi connectivity index (χ0) is 22.5. The van der Waals surface area contributed by atoms with Gasteiger partial charge in [0.2, 0.25) is 0 Å². The fourth-order valence-corrected chi connectivity index (χ4v) is 5.59. The minimum Gasteiger partial charge on any atom is -0.0616 e. The second kappa shape index (κ2) is 7.57. The molecule has 7 rings (SSSR count). The molecule has 0 bridgehead atoms. The van der Waals surface area contributed by atoms with Crippen molar-refractivity contribution in [3.8, 4) is 22.3 Å². The van der Waals surface area contributed by atoms with Gasteiger partial charge in [-0.25, -0.2) is 0 Å². The van der Waals surface area contributed by atoms with Crippen molar-refractivity contribution in [3.05, 3.63) is 133 Å². The molecule has 0 nitrogen and oxygen atoms in total. The topological polar surface area (TPSA) is 0 Å². The highest BCUT2D eigenvalue weighted by molar-refractivity contribution is 6.28. The third kappa shape index (κ3) is 2.79. The quantitative estimate of drug-likeness (QED) is 0.239. The summed E-state index contributed by atoms with van der Waals surface area (Å²) in [5.74, 6) is 0. The molecule has 158 valence electrons. The first-order valence-corrected chi connectivity index (χ1v) is 11.8. The Bertz CT molecular complexity index is 1810. The molecule has 0 fully saturated rings. The molecule has 7 aromatic rings. The van der Waals surface area contributed by atoms with Crippen LogP contribution in [-0.4, -0.2) is 0 Å². The SMILES string of the molecule is c1ccc(-c2cccc3c4ccccc4c4ccccc4c23)c(-c2cccc3ccccc23)c1. The lowest BCUT2D eigenvalue weighted by molar-refractivity contribution is 1.63. The number of hydrogen-bond donors (Lipinski definition) is 0. The molecule has 0 heteroatoms. The third-order valence-electron chi connectivity index (χ3n) is 7.07. The number of hydrogen-bond acceptors (Lipinski definition) is 0. The summed E-state index contributed by atoms with van der Waals surface area (Å²) in [6, 6.07) is 48.5. The first kappa shape index (κ1) is 19.1. The molecule has 0 aromatic heterocycles. The smallest absolute Gasteiger partial charge is 0.00201 e. The molecule has 34 heavy (non-hydrogen) atoms. The molecule has 0 aliphatic carbocycles. The van der Waals surface area contributed by atoms with Crippen LogP contribution in [0.5, 0.6) is 0 Å². The van der Waals surface area contributed by atoms with Gasteiger partial charge in [0.15, 0.2) is 0 Å². The summed E-state index contributed by atoms with van der Waals surface area (Å²) in [6.45, 7) is 0. The molecule has 0 spiro atoms. The zero-order valence-corrected chi connectivity index (χ0v) is 18.7. The average molecular weight is 431 g/mol. The highest BCUT2D eigenvalue weighted by Crippen LogP contribution is 2.43. The molecule has 0 heterocycles. The largest absolute Gasteiger partial charge is 0.0616 e. The fraction of sp³-hybridized carbons (Fsp3) is 0. The summed E-state index contributed by atoms with van der Waals surface area (Å²) < 4.78 is 0. The molecule has 0 aliphatic heterocycles. The van der Waals surface area contributed by atoms with Crippen molar-refractivity contribution in [2.45, 2.75) is 0 Å². The van der Waals surface area contributed by atoms with Crippen LogP contribution in [0.2, 0.25) is 0 Å². The van der Waals surface area contributed by atoms with E-state index in [9.17, 15) is 0 Å². The van der Waals surface area contributed by atoms with Gasteiger partial charge in [0.25, 0.3) is 0 Å². The summed E-state index contributed by atoms with van der Waals surface area (Å²) in [6.07, 6.45) is 0. The van der Waals surface area contributed by atoms with Gasteiger partial charge in [-0.1, -0.05) is 133 Å². The van der Waals surface area contributed by atoms with Crippen LogP contribution in [0, 0.1) is 0 Å². The molecule has 0 N–H and O–H groups in total. The normalized spacial score (nSPS) is 11.5. The van der Waals surface area contributed by atoms with E-state index in [0.717, 1.165) is 0 Å². The third-order valence-corrected chi connectivity index (χ3v) is 7.07. The lowest BCUT2D eigenvalue weighted by atomic mass is 9.86. The maximum absolute atomic E-state index is 2.29. The fourth-order valence-electron chi connectivity index (χ4n) is 5.59. The molecule has 0 aliphatic rings. The minimum absolute atomic E-state index is 1.27. The van der Waals surface area contributed by atoms with E-state index in [2.05, 4.69) is 133 Å². The van der Waals surface area contributed by atoms with E-state index >= 15 is 0 Å². The van der Waals surface area contributed by atoms with E-state index in [1.54, 1.807) is 0 Å². The van der Waals surface area contributed by atoms with Crippen LogP contribution >= 0.6 is 0 Å². The van der Waals surface area contributed by atoms with Crippen LogP contribution in [0.3, 0.4) is 0 Å². The molecule has 0 atom stereocenters. The minimum atomic E-state index is 1.27. The van der Waals surface area contributed by atoms with E-state index in [-0.39, 0.29) is 0 Å². The monoisotopic (exact) mass is 430 g/mol. The van der Waals surface area contributed by atoms with E-state index in [1.807, 2.05) is 0 Å². The van der Waals surface area contributed by atoms with Crippen molar-refractivity contribution >= 4 is 43.1 Å². The molecule has 7 aromatic carbocycles. The van der Waals surface area contributed by atoms with Gasteiger partial charge in [-0.2, -0.15) is 0 Å². The van der Waals surface area contributed by atoms with Crippen LogP contribution in [0.25, 0.3) is 65.3 Å². The first-order chi connectivity index (χ1) is 16.9. The van der Waals surface area contributed by atoms with Crippen LogP contribution < -0.4 is 0 Å². The number of rotatable bonds is 2. The van der Waals surface area contributed by atoms with Gasteiger partial charge >= 0.3 is 0 Å². The predicted molar refractivity (Wildman–Crippen MR) is 147 cm³/mol. The van der Waals surface area contributed by atoms with Crippen molar-refractivity contribution in [3.63, 3.8) is 0 Å². The maximum Gasteiger partial charge on any atom is -0.00201 e. The standard InChI is InChI=1S/C34H22/c1-2-13-24-23(11-1)12-9-20-25(24)26-14-3-5-16-28(26)32-21-10-22-33-30-17-6-4-15-27(30)29-18-7-8-19-31(29)34(32)33/h1-22H. The van der Waals surface area contributed by atoms with Crippen LogP contribution in [0.15, 0.2) is 133 Å². The van der Waals surface area contributed by atoms with E-state index in [4.69, 9.17) is 0 Å². The molecule has 0 unspecified atom stereocenters. The Hall–Kier alpha value is -4.42. The van der Waals surface area contributed by atoms with Crippen LogP contribution in [-0.2, 0) is 0 Å². The lowest BCUT2D eigenvalue weighted by Crippen LogP contribution is -1.90. The molecule has 0 saturated heterocycles. The zero-order valence-electron chi connectivity index (χ0n) is 18.7. The number of benzene rings is 7. The Kier molecular flexibility index (Phi) is 4.25. The summed E-state index contributed by atoms with van der Waals surface area (Å²) in [5, 5.41) is 10.4. The molecule has 0 saturated carbocycles. The predicted octanol–water partition coefficient (Wildman–Crippen LogP) is 9.63. The van der Waals surface area contributed by atoms with Crippen LogP contribution in [0.4, 0.5) is 0 Å². The van der Waals surface area contributed by atoms with Crippen molar-refractivity contribution < 1.29 is 0 Å². The van der Waals surface area contributed by atoms with Gasteiger partial charge in [-0.05, 0) is 65.3 Å². The summed E-state index contributed by atoms with van der Waals surface area (Å²) in [5.41, 5.74) is 5.09. The maximum atomic E-state index is 2.29. The Morgan fingerprint density at radius 2 is 0.618 bits per heavy atom. The number of fused-ring (bicyclic) bond motifs is 7. The summed E-state index contributed by atoms with van der Waals surface area (Å²) in [4.78, 5) is 0. The van der Waals surface area contributed by atoms with Crippen molar-refractivity contribution in [1.82, 2.24) is 0 Å². The summed E-state index contributed by atoms with van der Waals surface area (Å²) in [7, 11) is 0. The second-order valence-electron chi connectivity index (χ2n) is 8.89. The Morgan fingerprint density at radius 3 is 1.32 bits per heavy atom. The first-order valence-electron chi connectivity index (χ1n) is 11.8. The van der Waals surface area contributed by atoms with Gasteiger partial charge in [-0.3, -0.25) is 0 Å². The Balaban J connectivity index is 1.63. The van der Waals surface area contributed by atoms with Gasteiger partial charge in [-0.15, -0.1) is 0 Å². The highest BCUT2D eigenvalue weighted by Gasteiger charge is 2.15. The van der Waals surface area contributed by atoms with Crippen molar-refractivity contribution in [2.75, 3.05) is 0 Å². The summed E-state index contributed by atoms with van der Waals surface area (Å²) >= 11 is 0. The second-order valence-corrected chi connectivity index (χ2v) is 8.89. The van der Waals surface area contributed by atoms with Crippen molar-refractivity contribution in [1.29, 1.82) is 0 Å².